The number of benzene rings is 1. The Morgan fingerprint density at radius 1 is 1.11 bits per heavy atom. The number of carbonyl (C=O) groups excluding carboxylic acids is 2. The van der Waals surface area contributed by atoms with Gasteiger partial charge in [0.15, 0.2) is 0 Å². The summed E-state index contributed by atoms with van der Waals surface area (Å²) in [5.41, 5.74) is 2.15. The topological polar surface area (TPSA) is 100 Å². The summed E-state index contributed by atoms with van der Waals surface area (Å²) in [5.74, 6) is 2.10. The van der Waals surface area contributed by atoms with Crippen LogP contribution < -0.4 is 15.4 Å². The number of rotatable bonds is 7. The van der Waals surface area contributed by atoms with Gasteiger partial charge in [-0.05, 0) is 80.9 Å². The molecule has 1 atom stereocenters. The Balaban J connectivity index is 1.36. The summed E-state index contributed by atoms with van der Waals surface area (Å²) in [5, 5.41) is 17.4. The van der Waals surface area contributed by atoms with E-state index in [9.17, 15) is 14.9 Å². The van der Waals surface area contributed by atoms with E-state index in [1.54, 1.807) is 14.0 Å². The number of amides is 1. The molecule has 0 aromatic heterocycles. The van der Waals surface area contributed by atoms with Gasteiger partial charge in [-0.2, -0.15) is 5.26 Å². The zero-order valence-electron chi connectivity index (χ0n) is 21.1. The third kappa shape index (κ3) is 4.61. The lowest BCUT2D eigenvalue weighted by Crippen LogP contribution is -2.60. The number of hydrogen-bond donors (Lipinski definition) is 2. The molecule has 1 unspecified atom stereocenters. The van der Waals surface area contributed by atoms with Crippen LogP contribution in [0, 0.1) is 29.1 Å². The molecule has 8 heteroatoms. The van der Waals surface area contributed by atoms with E-state index >= 15 is 0 Å². The molecular weight excluding hydrogens is 474 g/mol. The molecule has 4 fully saturated rings. The SMILES string of the molecule is COC(=O)C1=C(C)NC(SCC(=O)NC23CC4CC(CC(C4)C2)C3)=C(C#N)C1c1ccc(OC)cc1. The molecule has 4 saturated carbocycles. The fourth-order valence-electron chi connectivity index (χ4n) is 7.27. The normalized spacial score (nSPS) is 30.5. The second-order valence-electron chi connectivity index (χ2n) is 10.8. The molecule has 7 nitrogen and oxygen atoms in total. The lowest BCUT2D eigenvalue weighted by molar-refractivity contribution is -0.136. The van der Waals surface area contributed by atoms with E-state index in [1.165, 1.54) is 38.1 Å². The number of esters is 1. The van der Waals surface area contributed by atoms with Gasteiger partial charge in [0, 0.05) is 11.2 Å². The van der Waals surface area contributed by atoms with Crippen LogP contribution in [0.5, 0.6) is 5.75 Å². The highest BCUT2D eigenvalue weighted by molar-refractivity contribution is 8.03. The van der Waals surface area contributed by atoms with Crippen LogP contribution in [0.3, 0.4) is 0 Å². The summed E-state index contributed by atoms with van der Waals surface area (Å²) in [6.07, 6.45) is 7.28. The van der Waals surface area contributed by atoms with Crippen LogP contribution in [0.2, 0.25) is 0 Å². The molecule has 4 bridgehead atoms. The summed E-state index contributed by atoms with van der Waals surface area (Å²) < 4.78 is 10.3. The molecule has 0 radical (unpaired) electrons. The predicted octanol–water partition coefficient (Wildman–Crippen LogP) is 4.38. The van der Waals surface area contributed by atoms with Crippen LogP contribution in [0.15, 0.2) is 46.1 Å². The van der Waals surface area contributed by atoms with Crippen molar-refractivity contribution in [3.8, 4) is 11.8 Å². The van der Waals surface area contributed by atoms with Crippen molar-refractivity contribution in [1.82, 2.24) is 10.6 Å². The number of carbonyl (C=O) groups is 2. The number of nitriles is 1. The van der Waals surface area contributed by atoms with Crippen LogP contribution in [0.25, 0.3) is 0 Å². The van der Waals surface area contributed by atoms with E-state index in [2.05, 4.69) is 16.7 Å². The molecular formula is C28H33N3O4S. The number of nitrogens with zero attached hydrogens (tertiary/aromatic N) is 1. The summed E-state index contributed by atoms with van der Waals surface area (Å²) in [6, 6.07) is 9.62. The van der Waals surface area contributed by atoms with E-state index in [0.29, 0.717) is 27.6 Å². The largest absolute Gasteiger partial charge is 0.497 e. The summed E-state index contributed by atoms with van der Waals surface area (Å²) in [7, 11) is 2.93. The van der Waals surface area contributed by atoms with Gasteiger partial charge >= 0.3 is 5.97 Å². The van der Waals surface area contributed by atoms with Crippen molar-refractivity contribution in [3.05, 3.63) is 51.7 Å². The quantitative estimate of drug-likeness (QED) is 0.528. The van der Waals surface area contributed by atoms with Gasteiger partial charge < -0.3 is 20.1 Å². The fourth-order valence-corrected chi connectivity index (χ4v) is 8.16. The van der Waals surface area contributed by atoms with Crippen molar-refractivity contribution in [2.24, 2.45) is 17.8 Å². The Kier molecular flexibility index (Phi) is 6.78. The van der Waals surface area contributed by atoms with Crippen LogP contribution in [0.1, 0.15) is 56.9 Å². The van der Waals surface area contributed by atoms with Gasteiger partial charge in [-0.15, -0.1) is 0 Å². The molecule has 1 aromatic rings. The Labute approximate surface area is 216 Å². The van der Waals surface area contributed by atoms with E-state index in [1.807, 2.05) is 24.3 Å². The highest BCUT2D eigenvalue weighted by Crippen LogP contribution is 2.55. The first-order valence-corrected chi connectivity index (χ1v) is 13.6. The summed E-state index contributed by atoms with van der Waals surface area (Å²) in [6.45, 7) is 1.80. The number of hydrogen-bond acceptors (Lipinski definition) is 7. The van der Waals surface area contributed by atoms with Crippen molar-refractivity contribution >= 4 is 23.6 Å². The van der Waals surface area contributed by atoms with E-state index < -0.39 is 11.9 Å². The van der Waals surface area contributed by atoms with Gasteiger partial charge in [-0.1, -0.05) is 23.9 Å². The highest BCUT2D eigenvalue weighted by Gasteiger charge is 2.51. The Morgan fingerprint density at radius 3 is 2.25 bits per heavy atom. The van der Waals surface area contributed by atoms with Crippen molar-refractivity contribution in [3.63, 3.8) is 0 Å². The van der Waals surface area contributed by atoms with Crippen LogP contribution in [0.4, 0.5) is 0 Å². The minimum Gasteiger partial charge on any atom is -0.497 e. The third-order valence-corrected chi connectivity index (χ3v) is 9.31. The number of dihydropyridines is 1. The molecule has 0 spiro atoms. The maximum Gasteiger partial charge on any atom is 0.336 e. The Hall–Kier alpha value is -2.92. The van der Waals surface area contributed by atoms with Gasteiger partial charge in [0.2, 0.25) is 5.91 Å². The van der Waals surface area contributed by atoms with Gasteiger partial charge in [-0.3, -0.25) is 4.79 Å². The molecule has 5 aliphatic rings. The summed E-state index contributed by atoms with van der Waals surface area (Å²) in [4.78, 5) is 25.8. The monoisotopic (exact) mass is 507 g/mol. The van der Waals surface area contributed by atoms with Gasteiger partial charge in [0.1, 0.15) is 5.75 Å². The Morgan fingerprint density at radius 2 is 1.72 bits per heavy atom. The molecule has 1 amide bonds. The van der Waals surface area contributed by atoms with Gasteiger partial charge in [-0.25, -0.2) is 4.79 Å². The van der Waals surface area contributed by atoms with E-state index in [0.717, 1.165) is 42.6 Å². The fraction of sp³-hybridized carbons (Fsp3) is 0.536. The number of allylic oxidation sites excluding steroid dienone is 2. The third-order valence-electron chi connectivity index (χ3n) is 8.29. The zero-order valence-corrected chi connectivity index (χ0v) is 21.9. The molecule has 1 aromatic carbocycles. The first kappa shape index (κ1) is 24.8. The smallest absolute Gasteiger partial charge is 0.336 e. The van der Waals surface area contributed by atoms with Crippen LogP contribution in [-0.4, -0.2) is 37.4 Å². The molecule has 1 aliphatic heterocycles. The molecule has 190 valence electrons. The molecule has 1 heterocycles. The average molecular weight is 508 g/mol. The van der Waals surface area contributed by atoms with Crippen LogP contribution >= 0.6 is 11.8 Å². The van der Waals surface area contributed by atoms with E-state index in [-0.39, 0.29) is 17.2 Å². The molecule has 0 saturated heterocycles. The maximum atomic E-state index is 13.1. The predicted molar refractivity (Wildman–Crippen MR) is 138 cm³/mol. The average Bonchev–Trinajstić information content (AvgIpc) is 2.85. The first-order valence-electron chi connectivity index (χ1n) is 12.6. The van der Waals surface area contributed by atoms with E-state index in [4.69, 9.17) is 9.47 Å². The number of ether oxygens (including phenoxy) is 2. The van der Waals surface area contributed by atoms with Crippen LogP contribution in [-0.2, 0) is 14.3 Å². The second-order valence-corrected chi connectivity index (χ2v) is 11.7. The van der Waals surface area contributed by atoms with Crippen molar-refractivity contribution in [1.29, 1.82) is 5.26 Å². The molecule has 4 aliphatic carbocycles. The minimum atomic E-state index is -0.594. The van der Waals surface area contributed by atoms with Crippen molar-refractivity contribution in [2.75, 3.05) is 20.0 Å². The van der Waals surface area contributed by atoms with Gasteiger partial charge in [0.25, 0.3) is 0 Å². The summed E-state index contributed by atoms with van der Waals surface area (Å²) >= 11 is 1.32. The standard InChI is InChI=1S/C28H33N3O4S/c1-16-24(27(33)35-3)25(20-4-6-21(34-2)7-5-20)22(14-29)26(30-16)36-15-23(32)31-28-11-17-8-18(12-28)10-19(9-17)13-28/h4-7,17-19,25,30H,8-13,15H2,1-3H3,(H,31,32). The highest BCUT2D eigenvalue weighted by atomic mass is 32.2. The lowest BCUT2D eigenvalue weighted by Gasteiger charge is -2.56. The first-order chi connectivity index (χ1) is 17.3. The zero-order chi connectivity index (χ0) is 25.4. The molecule has 2 N–H and O–H groups in total. The maximum absolute atomic E-state index is 13.1. The lowest BCUT2D eigenvalue weighted by atomic mass is 9.53. The number of nitrogens with one attached hydrogen (secondary N) is 2. The molecule has 6 rings (SSSR count). The molecule has 36 heavy (non-hydrogen) atoms. The second kappa shape index (κ2) is 9.85. The Bertz CT molecular complexity index is 1130. The number of thioether (sulfide) groups is 1. The van der Waals surface area contributed by atoms with Gasteiger partial charge in [0.05, 0.1) is 48.1 Å². The number of methoxy groups -OCH3 is 2. The minimum absolute atomic E-state index is 0.00920. The van der Waals surface area contributed by atoms with Crippen molar-refractivity contribution < 1.29 is 19.1 Å². The van der Waals surface area contributed by atoms with Crippen molar-refractivity contribution in [2.45, 2.75) is 56.9 Å².